The molecule has 0 spiro atoms. The molecular formula is C15H30N2O4. The SMILES string of the molecule is COC(C)(C)CCOC(C)(C)CCNC(=O)CCC(N)=O. The van der Waals surface area contributed by atoms with Crippen LogP contribution in [0.1, 0.15) is 53.4 Å². The summed E-state index contributed by atoms with van der Waals surface area (Å²) in [4.78, 5) is 22.0. The molecule has 21 heavy (non-hydrogen) atoms. The summed E-state index contributed by atoms with van der Waals surface area (Å²) >= 11 is 0. The maximum Gasteiger partial charge on any atom is 0.220 e. The van der Waals surface area contributed by atoms with Crippen molar-refractivity contribution in [3.63, 3.8) is 0 Å². The third kappa shape index (κ3) is 11.2. The van der Waals surface area contributed by atoms with Gasteiger partial charge >= 0.3 is 0 Å². The molecule has 0 saturated heterocycles. The fraction of sp³-hybridized carbons (Fsp3) is 0.867. The molecule has 0 aliphatic heterocycles. The summed E-state index contributed by atoms with van der Waals surface area (Å²) in [5.41, 5.74) is 4.48. The minimum Gasteiger partial charge on any atom is -0.379 e. The van der Waals surface area contributed by atoms with Gasteiger partial charge in [0.2, 0.25) is 11.8 Å². The molecule has 0 atom stereocenters. The zero-order valence-corrected chi connectivity index (χ0v) is 14.0. The Balaban J connectivity index is 3.87. The maximum absolute atomic E-state index is 11.4. The van der Waals surface area contributed by atoms with E-state index in [-0.39, 0.29) is 30.0 Å². The highest BCUT2D eigenvalue weighted by Gasteiger charge is 2.21. The second-order valence-electron chi connectivity index (χ2n) is 6.39. The van der Waals surface area contributed by atoms with Crippen molar-refractivity contribution in [2.75, 3.05) is 20.3 Å². The molecule has 0 fully saturated rings. The lowest BCUT2D eigenvalue weighted by atomic mass is 10.0. The third-order valence-corrected chi connectivity index (χ3v) is 3.40. The standard InChI is InChI=1S/C15H30N2O4/c1-14(2,20-5)9-11-21-15(3,4)8-10-17-13(19)7-6-12(16)18/h6-11H2,1-5H3,(H2,16,18)(H,17,19). The number of hydrogen-bond donors (Lipinski definition) is 2. The van der Waals surface area contributed by atoms with E-state index in [1.54, 1.807) is 7.11 Å². The summed E-state index contributed by atoms with van der Waals surface area (Å²) in [6.07, 6.45) is 1.72. The highest BCUT2D eigenvalue weighted by atomic mass is 16.5. The largest absolute Gasteiger partial charge is 0.379 e. The van der Waals surface area contributed by atoms with Crippen LogP contribution >= 0.6 is 0 Å². The van der Waals surface area contributed by atoms with E-state index in [9.17, 15) is 9.59 Å². The predicted octanol–water partition coefficient (Wildman–Crippen LogP) is 1.37. The molecule has 3 N–H and O–H groups in total. The van der Waals surface area contributed by atoms with Crippen LogP contribution in [0.4, 0.5) is 0 Å². The van der Waals surface area contributed by atoms with Gasteiger partial charge in [-0.1, -0.05) is 0 Å². The number of hydrogen-bond acceptors (Lipinski definition) is 4. The van der Waals surface area contributed by atoms with Crippen molar-refractivity contribution in [2.45, 2.75) is 64.6 Å². The lowest BCUT2D eigenvalue weighted by Crippen LogP contribution is -2.34. The van der Waals surface area contributed by atoms with E-state index in [0.29, 0.717) is 19.6 Å². The van der Waals surface area contributed by atoms with Gasteiger partial charge in [0.25, 0.3) is 0 Å². The monoisotopic (exact) mass is 302 g/mol. The molecule has 0 unspecified atom stereocenters. The summed E-state index contributed by atoms with van der Waals surface area (Å²) in [6.45, 7) is 9.12. The first-order valence-electron chi connectivity index (χ1n) is 7.32. The normalized spacial score (nSPS) is 12.2. The Morgan fingerprint density at radius 1 is 1.05 bits per heavy atom. The zero-order valence-electron chi connectivity index (χ0n) is 14.0. The molecule has 0 aromatic rings. The number of rotatable bonds is 11. The summed E-state index contributed by atoms with van der Waals surface area (Å²) < 4.78 is 11.2. The van der Waals surface area contributed by atoms with Gasteiger partial charge < -0.3 is 20.5 Å². The van der Waals surface area contributed by atoms with Crippen LogP contribution in [0, 0.1) is 0 Å². The minimum atomic E-state index is -0.463. The molecule has 0 saturated carbocycles. The Hall–Kier alpha value is -1.14. The molecule has 0 radical (unpaired) electrons. The Labute approximate surface area is 127 Å². The summed E-state index contributed by atoms with van der Waals surface area (Å²) in [5.74, 6) is -0.625. The van der Waals surface area contributed by atoms with Gasteiger partial charge in [-0.15, -0.1) is 0 Å². The molecule has 6 nitrogen and oxygen atoms in total. The van der Waals surface area contributed by atoms with Gasteiger partial charge in [-0.2, -0.15) is 0 Å². The number of nitrogens with two attached hydrogens (primary N) is 1. The van der Waals surface area contributed by atoms with Crippen LogP contribution in [-0.4, -0.2) is 43.3 Å². The highest BCUT2D eigenvalue weighted by molar-refractivity contribution is 5.82. The van der Waals surface area contributed by atoms with Crippen LogP contribution in [0.25, 0.3) is 0 Å². The van der Waals surface area contributed by atoms with Gasteiger partial charge in [-0.05, 0) is 40.5 Å². The first-order chi connectivity index (χ1) is 9.58. The number of ether oxygens (including phenoxy) is 2. The van der Waals surface area contributed by atoms with Gasteiger partial charge in [-0.25, -0.2) is 0 Å². The number of amides is 2. The van der Waals surface area contributed by atoms with Crippen LogP contribution < -0.4 is 11.1 Å². The molecular weight excluding hydrogens is 272 g/mol. The van der Waals surface area contributed by atoms with E-state index in [1.165, 1.54) is 0 Å². The predicted molar refractivity (Wildman–Crippen MR) is 81.8 cm³/mol. The summed E-state index contributed by atoms with van der Waals surface area (Å²) in [7, 11) is 1.69. The Morgan fingerprint density at radius 2 is 1.67 bits per heavy atom. The molecule has 0 bridgehead atoms. The Bertz CT molecular complexity index is 341. The van der Waals surface area contributed by atoms with Crippen molar-refractivity contribution in [1.29, 1.82) is 0 Å². The van der Waals surface area contributed by atoms with Gasteiger partial charge in [0, 0.05) is 26.5 Å². The van der Waals surface area contributed by atoms with E-state index in [4.69, 9.17) is 15.2 Å². The zero-order chi connectivity index (χ0) is 16.5. The number of nitrogens with one attached hydrogen (secondary N) is 1. The van der Waals surface area contributed by atoms with Crippen molar-refractivity contribution in [3.05, 3.63) is 0 Å². The van der Waals surface area contributed by atoms with Crippen molar-refractivity contribution in [3.8, 4) is 0 Å². The fourth-order valence-electron chi connectivity index (χ4n) is 1.58. The Morgan fingerprint density at radius 3 is 2.19 bits per heavy atom. The van der Waals surface area contributed by atoms with Crippen LogP contribution in [0.2, 0.25) is 0 Å². The quantitative estimate of drug-likeness (QED) is 0.603. The smallest absolute Gasteiger partial charge is 0.220 e. The third-order valence-electron chi connectivity index (χ3n) is 3.40. The molecule has 0 rings (SSSR count). The lowest BCUT2D eigenvalue weighted by Gasteiger charge is -2.29. The number of carbonyl (C=O) groups is 2. The average Bonchev–Trinajstić information content (AvgIpc) is 2.35. The molecule has 0 aliphatic carbocycles. The van der Waals surface area contributed by atoms with Gasteiger partial charge in [-0.3, -0.25) is 9.59 Å². The minimum absolute atomic E-state index is 0.0812. The second kappa shape index (κ2) is 9.00. The molecule has 0 aliphatic rings. The first-order valence-corrected chi connectivity index (χ1v) is 7.32. The van der Waals surface area contributed by atoms with E-state index in [0.717, 1.165) is 6.42 Å². The summed E-state index contributed by atoms with van der Waals surface area (Å²) in [6, 6.07) is 0. The highest BCUT2D eigenvalue weighted by Crippen LogP contribution is 2.18. The van der Waals surface area contributed by atoms with Crippen LogP contribution in [0.5, 0.6) is 0 Å². The molecule has 0 aromatic carbocycles. The topological polar surface area (TPSA) is 90.7 Å². The van der Waals surface area contributed by atoms with E-state index in [2.05, 4.69) is 5.32 Å². The van der Waals surface area contributed by atoms with E-state index < -0.39 is 5.91 Å². The van der Waals surface area contributed by atoms with Gasteiger partial charge in [0.15, 0.2) is 0 Å². The Kier molecular flexibility index (Phi) is 8.51. The van der Waals surface area contributed by atoms with Crippen LogP contribution in [0.15, 0.2) is 0 Å². The molecule has 6 heteroatoms. The lowest BCUT2D eigenvalue weighted by molar-refractivity contribution is -0.125. The maximum atomic E-state index is 11.4. The van der Waals surface area contributed by atoms with Crippen molar-refractivity contribution in [1.82, 2.24) is 5.32 Å². The molecule has 2 amide bonds. The number of carbonyl (C=O) groups excluding carboxylic acids is 2. The van der Waals surface area contributed by atoms with Crippen molar-refractivity contribution in [2.24, 2.45) is 5.73 Å². The fourth-order valence-corrected chi connectivity index (χ4v) is 1.58. The van der Waals surface area contributed by atoms with Crippen LogP contribution in [0.3, 0.4) is 0 Å². The van der Waals surface area contributed by atoms with E-state index in [1.807, 2.05) is 27.7 Å². The van der Waals surface area contributed by atoms with Crippen LogP contribution in [-0.2, 0) is 19.1 Å². The van der Waals surface area contributed by atoms with Gasteiger partial charge in [0.05, 0.1) is 17.8 Å². The summed E-state index contributed by atoms with van der Waals surface area (Å²) in [5, 5.41) is 2.76. The van der Waals surface area contributed by atoms with E-state index >= 15 is 0 Å². The second-order valence-corrected chi connectivity index (χ2v) is 6.39. The first kappa shape index (κ1) is 19.9. The number of primary amides is 1. The molecule has 0 aromatic heterocycles. The van der Waals surface area contributed by atoms with Gasteiger partial charge in [0.1, 0.15) is 0 Å². The van der Waals surface area contributed by atoms with Crippen molar-refractivity contribution >= 4 is 11.8 Å². The average molecular weight is 302 g/mol. The molecule has 0 heterocycles. The van der Waals surface area contributed by atoms with Crippen molar-refractivity contribution < 1.29 is 19.1 Å². The molecule has 124 valence electrons. The number of methoxy groups -OCH3 is 1.